The zero-order chi connectivity index (χ0) is 25.7. The van der Waals surface area contributed by atoms with E-state index in [0.29, 0.717) is 27.5 Å². The topological polar surface area (TPSA) is 59.0 Å². The maximum Gasteiger partial charge on any atom is 0.315 e. The minimum atomic E-state index is -0.139. The first-order valence-electron chi connectivity index (χ1n) is 13.2. The van der Waals surface area contributed by atoms with Gasteiger partial charge in [0.2, 0.25) is 0 Å². The molecule has 4 saturated carbocycles. The fourth-order valence-corrected chi connectivity index (χ4v) is 7.91. The fourth-order valence-electron chi connectivity index (χ4n) is 7.29. The van der Waals surface area contributed by atoms with E-state index >= 15 is 0 Å². The molecule has 194 valence electrons. The van der Waals surface area contributed by atoms with Gasteiger partial charge in [-0.2, -0.15) is 5.10 Å². The second-order valence-corrected chi connectivity index (χ2v) is 12.4. The Bertz CT molecular complexity index is 1290. The number of urea groups is 1. The van der Waals surface area contributed by atoms with E-state index in [1.54, 1.807) is 12.1 Å². The van der Waals surface area contributed by atoms with Crippen LogP contribution in [0.4, 0.5) is 4.79 Å². The summed E-state index contributed by atoms with van der Waals surface area (Å²) in [5.41, 5.74) is 4.32. The van der Waals surface area contributed by atoms with Crippen LogP contribution in [0.3, 0.4) is 0 Å². The van der Waals surface area contributed by atoms with Crippen LogP contribution in [0.15, 0.2) is 42.5 Å². The average molecular weight is 558 g/mol. The molecule has 2 N–H and O–H groups in total. The van der Waals surface area contributed by atoms with Gasteiger partial charge < -0.3 is 10.6 Å². The highest BCUT2D eigenvalue weighted by Crippen LogP contribution is 2.56. The number of hydrogen-bond donors (Lipinski definition) is 2. The molecule has 2 amide bonds. The van der Waals surface area contributed by atoms with Crippen molar-refractivity contribution in [3.8, 4) is 16.9 Å². The quantitative estimate of drug-likeness (QED) is 0.326. The van der Waals surface area contributed by atoms with E-state index in [9.17, 15) is 4.79 Å². The molecule has 2 aromatic carbocycles. The van der Waals surface area contributed by atoms with Crippen LogP contribution >= 0.6 is 34.8 Å². The summed E-state index contributed by atoms with van der Waals surface area (Å²) in [6.45, 7) is 3.10. The Morgan fingerprint density at radius 3 is 2.22 bits per heavy atom. The van der Waals surface area contributed by atoms with Gasteiger partial charge in [-0.3, -0.25) is 0 Å². The molecular formula is C29H31Cl3N4O. The van der Waals surface area contributed by atoms with E-state index in [0.717, 1.165) is 58.4 Å². The van der Waals surface area contributed by atoms with Crippen LogP contribution in [0.1, 0.15) is 43.4 Å². The number of rotatable bonds is 6. The zero-order valence-corrected chi connectivity index (χ0v) is 23.1. The molecule has 1 aromatic heterocycles. The Kier molecular flexibility index (Phi) is 6.89. The summed E-state index contributed by atoms with van der Waals surface area (Å²) in [6.07, 6.45) is 6.88. The summed E-state index contributed by atoms with van der Waals surface area (Å²) in [7, 11) is 0. The molecule has 7 rings (SSSR count). The number of carbonyl (C=O) groups excluding carboxylic acids is 1. The van der Waals surface area contributed by atoms with E-state index in [4.69, 9.17) is 39.9 Å². The van der Waals surface area contributed by atoms with E-state index in [2.05, 4.69) is 10.6 Å². The Hall–Kier alpha value is -2.21. The molecule has 37 heavy (non-hydrogen) atoms. The number of carbonyl (C=O) groups is 1. The van der Waals surface area contributed by atoms with Gasteiger partial charge in [-0.1, -0.05) is 46.9 Å². The van der Waals surface area contributed by atoms with Crippen LogP contribution in [0.25, 0.3) is 16.9 Å². The second-order valence-electron chi connectivity index (χ2n) is 11.1. The number of nitrogens with one attached hydrogen (secondary N) is 2. The SMILES string of the molecule is Cc1c(CNC(=O)NCC2C3CC4CC(C3)CC2C4)nn(-c2ccc(Cl)cc2Cl)c1-c1ccc(Cl)cc1. The molecule has 1 heterocycles. The first kappa shape index (κ1) is 25.1. The minimum Gasteiger partial charge on any atom is -0.338 e. The summed E-state index contributed by atoms with van der Waals surface area (Å²) in [5, 5.41) is 12.8. The summed E-state index contributed by atoms with van der Waals surface area (Å²) < 4.78 is 1.82. The van der Waals surface area contributed by atoms with Crippen molar-refractivity contribution in [1.29, 1.82) is 0 Å². The molecule has 3 aromatic rings. The second kappa shape index (κ2) is 10.2. The predicted octanol–water partition coefficient (Wildman–Crippen LogP) is 7.68. The van der Waals surface area contributed by atoms with Crippen LogP contribution in [0, 0.1) is 36.5 Å². The van der Waals surface area contributed by atoms with Crippen molar-refractivity contribution in [2.24, 2.45) is 29.6 Å². The molecule has 0 radical (unpaired) electrons. The van der Waals surface area contributed by atoms with E-state index in [1.165, 1.54) is 32.1 Å². The first-order valence-corrected chi connectivity index (χ1v) is 14.3. The Morgan fingerprint density at radius 1 is 0.919 bits per heavy atom. The van der Waals surface area contributed by atoms with Crippen LogP contribution in [-0.2, 0) is 6.54 Å². The Labute approximate surface area is 232 Å². The third-order valence-electron chi connectivity index (χ3n) is 8.81. The molecular weight excluding hydrogens is 527 g/mol. The van der Waals surface area contributed by atoms with Crippen LogP contribution in [0.2, 0.25) is 15.1 Å². The lowest BCUT2D eigenvalue weighted by atomic mass is 9.52. The highest BCUT2D eigenvalue weighted by Gasteiger charge is 2.47. The molecule has 5 nitrogen and oxygen atoms in total. The molecule has 4 aliphatic carbocycles. The van der Waals surface area contributed by atoms with Crippen molar-refractivity contribution in [3.05, 3.63) is 68.8 Å². The first-order chi connectivity index (χ1) is 17.9. The number of hydrogen-bond acceptors (Lipinski definition) is 2. The lowest BCUT2D eigenvalue weighted by Crippen LogP contribution is -2.50. The predicted molar refractivity (Wildman–Crippen MR) is 150 cm³/mol. The third kappa shape index (κ3) is 4.98. The zero-order valence-electron chi connectivity index (χ0n) is 20.8. The minimum absolute atomic E-state index is 0.139. The number of amides is 2. The standard InChI is InChI=1S/C29H31Cl3N4O/c1-16-26(15-34-29(37)33-14-24-20-9-17-8-18(11-20)12-21(24)10-17)35-36(27-7-6-23(31)13-25(27)32)28(16)19-2-4-22(30)5-3-19/h2-7,13,17-18,20-21,24H,8-12,14-15H2,1H3,(H2,33,34,37). The molecule has 8 heteroatoms. The maximum absolute atomic E-state index is 12.8. The molecule has 0 saturated heterocycles. The molecule has 0 unspecified atom stereocenters. The number of halogens is 3. The van der Waals surface area contributed by atoms with Crippen molar-refractivity contribution in [2.45, 2.75) is 45.6 Å². The van der Waals surface area contributed by atoms with E-state index in [-0.39, 0.29) is 6.03 Å². The van der Waals surface area contributed by atoms with Crippen molar-refractivity contribution in [3.63, 3.8) is 0 Å². The summed E-state index contributed by atoms with van der Waals surface area (Å²) >= 11 is 18.8. The van der Waals surface area contributed by atoms with Gasteiger partial charge in [-0.05, 0) is 98.9 Å². The molecule has 4 aliphatic rings. The highest BCUT2D eigenvalue weighted by atomic mass is 35.5. The smallest absolute Gasteiger partial charge is 0.315 e. The van der Waals surface area contributed by atoms with Gasteiger partial charge in [0.25, 0.3) is 0 Å². The van der Waals surface area contributed by atoms with Gasteiger partial charge in [-0.15, -0.1) is 0 Å². The third-order valence-corrected chi connectivity index (χ3v) is 9.60. The number of aromatic nitrogens is 2. The Morgan fingerprint density at radius 2 is 1.57 bits per heavy atom. The van der Waals surface area contributed by atoms with E-state index < -0.39 is 0 Å². The summed E-state index contributed by atoms with van der Waals surface area (Å²) in [4.78, 5) is 12.8. The van der Waals surface area contributed by atoms with Gasteiger partial charge in [0.1, 0.15) is 0 Å². The number of benzene rings is 2. The fraction of sp³-hybridized carbons (Fsp3) is 0.448. The largest absolute Gasteiger partial charge is 0.338 e. The van der Waals surface area contributed by atoms with Crippen LogP contribution in [0.5, 0.6) is 0 Å². The van der Waals surface area contributed by atoms with Crippen LogP contribution in [-0.4, -0.2) is 22.4 Å². The van der Waals surface area contributed by atoms with Gasteiger partial charge in [-0.25, -0.2) is 9.48 Å². The van der Waals surface area contributed by atoms with Crippen molar-refractivity contribution < 1.29 is 4.79 Å². The van der Waals surface area contributed by atoms with Crippen molar-refractivity contribution >= 4 is 40.8 Å². The lowest BCUT2D eigenvalue weighted by Gasteiger charge is -2.54. The maximum atomic E-state index is 12.8. The molecule has 4 bridgehead atoms. The van der Waals surface area contributed by atoms with Crippen molar-refractivity contribution in [1.82, 2.24) is 20.4 Å². The van der Waals surface area contributed by atoms with Gasteiger partial charge in [0.15, 0.2) is 0 Å². The Balaban J connectivity index is 1.18. The molecule has 0 aliphatic heterocycles. The average Bonchev–Trinajstić information content (AvgIpc) is 3.18. The molecule has 4 fully saturated rings. The van der Waals surface area contributed by atoms with E-state index in [1.807, 2.05) is 41.9 Å². The summed E-state index contributed by atoms with van der Waals surface area (Å²) in [5.74, 6) is 4.09. The lowest BCUT2D eigenvalue weighted by molar-refractivity contribution is -0.0343. The molecule has 0 atom stereocenters. The van der Waals surface area contributed by atoms with Gasteiger partial charge >= 0.3 is 6.03 Å². The van der Waals surface area contributed by atoms with Crippen molar-refractivity contribution in [2.75, 3.05) is 6.54 Å². The monoisotopic (exact) mass is 556 g/mol. The van der Waals surface area contributed by atoms with Gasteiger partial charge in [0, 0.05) is 27.7 Å². The summed E-state index contributed by atoms with van der Waals surface area (Å²) in [6, 6.07) is 12.8. The van der Waals surface area contributed by atoms with Gasteiger partial charge in [0.05, 0.1) is 28.6 Å². The number of nitrogens with zero attached hydrogens (tertiary/aromatic N) is 2. The van der Waals surface area contributed by atoms with Crippen LogP contribution < -0.4 is 10.6 Å². The molecule has 0 spiro atoms. The highest BCUT2D eigenvalue weighted by molar-refractivity contribution is 6.35. The normalized spacial score (nSPS) is 25.9.